The first-order valence-corrected chi connectivity index (χ1v) is 13.8. The fourth-order valence-electron chi connectivity index (χ4n) is 4.94. The smallest absolute Gasteiger partial charge is 1.00 e. The van der Waals surface area contributed by atoms with Gasteiger partial charge in [-0.3, -0.25) is 12.2 Å². The Labute approximate surface area is 261 Å². The maximum atomic E-state index is 3.51. The minimum Gasteiger partial charge on any atom is -1.00 e. The SMILES string of the molecule is CCc1cccc2c1C=[C-]C2c1ccc(C)s1.CCc1cccc2c1C=[C-]C2c1ccc(C)s1.[Cl-].[Cl-].[Zr+4]. The zero-order valence-electron chi connectivity index (χ0n) is 21.6. The summed E-state index contributed by atoms with van der Waals surface area (Å²) >= 11 is 3.76. The normalized spacial score (nSPS) is 16.0. The molecule has 2 aromatic carbocycles. The van der Waals surface area contributed by atoms with Crippen molar-refractivity contribution in [1.82, 2.24) is 0 Å². The largest absolute Gasteiger partial charge is 4.00 e. The van der Waals surface area contributed by atoms with Crippen molar-refractivity contribution in [3.05, 3.63) is 126 Å². The fraction of sp³-hybridized carbons (Fsp3) is 0.250. The maximum Gasteiger partial charge on any atom is 4.00 e. The van der Waals surface area contributed by atoms with Crippen LogP contribution in [0.15, 0.2) is 60.7 Å². The van der Waals surface area contributed by atoms with E-state index in [1.807, 2.05) is 22.7 Å². The predicted molar refractivity (Wildman–Crippen MR) is 149 cm³/mol. The Kier molecular flexibility index (Phi) is 12.3. The first-order valence-electron chi connectivity index (χ1n) is 12.1. The van der Waals surface area contributed by atoms with Crippen LogP contribution in [0.25, 0.3) is 12.2 Å². The third-order valence-corrected chi connectivity index (χ3v) is 8.86. The summed E-state index contributed by atoms with van der Waals surface area (Å²) in [5, 5.41) is 0. The molecule has 2 unspecified atom stereocenters. The average Bonchev–Trinajstić information content (AvgIpc) is 3.64. The Bertz CT molecular complexity index is 1270. The summed E-state index contributed by atoms with van der Waals surface area (Å²) < 4.78 is 0. The number of aryl methyl sites for hydroxylation is 4. The Hall–Kier alpha value is -1.22. The van der Waals surface area contributed by atoms with Gasteiger partial charge in [0.25, 0.3) is 0 Å². The van der Waals surface area contributed by atoms with Gasteiger partial charge in [-0.25, -0.2) is 12.2 Å². The first kappa shape index (κ1) is 32.0. The monoisotopic (exact) mass is 638 g/mol. The van der Waals surface area contributed by atoms with E-state index in [2.05, 4.69) is 113 Å². The molecular weight excluding hydrogens is 611 g/mol. The molecule has 0 saturated carbocycles. The molecule has 188 valence electrons. The molecule has 0 nitrogen and oxygen atoms in total. The van der Waals surface area contributed by atoms with Crippen LogP contribution < -0.4 is 24.8 Å². The van der Waals surface area contributed by atoms with Gasteiger partial charge < -0.3 is 24.8 Å². The number of fused-ring (bicyclic) bond motifs is 2. The zero-order chi connectivity index (χ0) is 23.7. The molecule has 2 aromatic heterocycles. The molecule has 0 radical (unpaired) electrons. The first-order chi connectivity index (χ1) is 16.6. The van der Waals surface area contributed by atoms with Gasteiger partial charge in [-0.2, -0.15) is 11.1 Å². The van der Waals surface area contributed by atoms with Crippen molar-refractivity contribution in [2.75, 3.05) is 0 Å². The van der Waals surface area contributed by atoms with Crippen LogP contribution in [0, 0.1) is 26.0 Å². The molecule has 5 heteroatoms. The minimum absolute atomic E-state index is 0. The van der Waals surface area contributed by atoms with Crippen LogP contribution in [0.1, 0.15) is 78.6 Å². The van der Waals surface area contributed by atoms with Crippen LogP contribution >= 0.6 is 22.7 Å². The van der Waals surface area contributed by atoms with Crippen molar-refractivity contribution in [3.63, 3.8) is 0 Å². The van der Waals surface area contributed by atoms with Crippen molar-refractivity contribution in [2.45, 2.75) is 52.4 Å². The van der Waals surface area contributed by atoms with Gasteiger partial charge in [0, 0.05) is 9.75 Å². The van der Waals surface area contributed by atoms with Gasteiger partial charge in [0.15, 0.2) is 0 Å². The molecule has 0 bridgehead atoms. The van der Waals surface area contributed by atoms with Crippen LogP contribution in [0.3, 0.4) is 0 Å². The summed E-state index contributed by atoms with van der Waals surface area (Å²) in [4.78, 5) is 5.57. The number of benzene rings is 2. The third-order valence-electron chi connectivity index (χ3n) is 6.72. The second-order valence-corrected chi connectivity index (χ2v) is 11.6. The molecule has 0 saturated heterocycles. The van der Waals surface area contributed by atoms with Crippen molar-refractivity contribution >= 4 is 34.8 Å². The molecule has 0 aliphatic heterocycles. The average molecular weight is 641 g/mol. The summed E-state index contributed by atoms with van der Waals surface area (Å²) in [5.74, 6) is 0.713. The molecule has 2 aliphatic rings. The van der Waals surface area contributed by atoms with E-state index in [4.69, 9.17) is 0 Å². The van der Waals surface area contributed by atoms with Crippen LogP contribution in [-0.4, -0.2) is 0 Å². The molecule has 0 amide bonds. The number of thiophene rings is 2. The Balaban J connectivity index is 0.000000241. The van der Waals surface area contributed by atoms with Crippen molar-refractivity contribution < 1.29 is 51.0 Å². The molecule has 2 atom stereocenters. The Morgan fingerprint density at radius 2 is 1.03 bits per heavy atom. The van der Waals surface area contributed by atoms with Crippen LogP contribution in [0.5, 0.6) is 0 Å². The van der Waals surface area contributed by atoms with E-state index < -0.39 is 0 Å². The van der Waals surface area contributed by atoms with E-state index >= 15 is 0 Å². The Morgan fingerprint density at radius 1 is 0.622 bits per heavy atom. The summed E-state index contributed by atoms with van der Waals surface area (Å²) in [7, 11) is 0. The molecule has 0 fully saturated rings. The van der Waals surface area contributed by atoms with Crippen LogP contribution in [0.4, 0.5) is 0 Å². The Morgan fingerprint density at radius 3 is 1.35 bits per heavy atom. The van der Waals surface area contributed by atoms with E-state index in [9.17, 15) is 0 Å². The number of halogens is 2. The van der Waals surface area contributed by atoms with Crippen molar-refractivity contribution in [2.24, 2.45) is 0 Å². The second kappa shape index (κ2) is 14.2. The van der Waals surface area contributed by atoms with Gasteiger partial charge in [0.2, 0.25) is 0 Å². The summed E-state index contributed by atoms with van der Waals surface area (Å²) in [6.07, 6.45) is 13.6. The molecule has 2 heterocycles. The van der Waals surface area contributed by atoms with Gasteiger partial charge in [0.05, 0.1) is 0 Å². The van der Waals surface area contributed by atoms with Gasteiger partial charge in [0.1, 0.15) is 0 Å². The van der Waals surface area contributed by atoms with Gasteiger partial charge in [-0.05, 0) is 60.7 Å². The van der Waals surface area contributed by atoms with Gasteiger partial charge >= 0.3 is 26.2 Å². The van der Waals surface area contributed by atoms with E-state index in [1.165, 1.54) is 52.9 Å². The zero-order valence-corrected chi connectivity index (χ0v) is 27.2. The molecule has 37 heavy (non-hydrogen) atoms. The van der Waals surface area contributed by atoms with Gasteiger partial charge in [-0.1, -0.05) is 62.1 Å². The van der Waals surface area contributed by atoms with E-state index in [0.717, 1.165) is 12.8 Å². The van der Waals surface area contributed by atoms with E-state index in [1.54, 1.807) is 0 Å². The molecule has 2 aliphatic carbocycles. The number of rotatable bonds is 4. The van der Waals surface area contributed by atoms with Crippen LogP contribution in [-0.2, 0) is 39.0 Å². The fourth-order valence-corrected chi connectivity index (χ4v) is 6.85. The van der Waals surface area contributed by atoms with Crippen LogP contribution in [0.2, 0.25) is 0 Å². The topological polar surface area (TPSA) is 0 Å². The molecule has 0 N–H and O–H groups in total. The molecule has 6 rings (SSSR count). The second-order valence-electron chi connectivity index (χ2n) is 8.93. The number of hydrogen-bond acceptors (Lipinski definition) is 2. The number of allylic oxidation sites excluding steroid dienone is 2. The molecule has 0 spiro atoms. The standard InChI is InChI=1S/2C16H15S.2ClH.Zr/c2*1-3-12-5-4-6-14-13(12)8-9-15(14)16-10-7-11(2)17-16;;;/h2*4-8,10,15H,3H2,1-2H3;2*1H;/q2*-1;;;+4/p-2. The minimum atomic E-state index is 0. The van der Waals surface area contributed by atoms with Gasteiger partial charge in [-0.15, -0.1) is 44.9 Å². The quantitative estimate of drug-likeness (QED) is 0.301. The summed E-state index contributed by atoms with van der Waals surface area (Å²) in [6.45, 7) is 8.75. The number of hydrogen-bond donors (Lipinski definition) is 0. The van der Waals surface area contributed by atoms with Crippen molar-refractivity contribution in [1.29, 1.82) is 0 Å². The van der Waals surface area contributed by atoms with E-state index in [0.29, 0.717) is 11.8 Å². The maximum absolute atomic E-state index is 3.51. The summed E-state index contributed by atoms with van der Waals surface area (Å²) in [5.41, 5.74) is 8.51. The molecule has 4 aromatic rings. The third kappa shape index (κ3) is 6.68. The molecular formula is C32H30Cl2S2Zr. The van der Waals surface area contributed by atoms with E-state index in [-0.39, 0.29) is 51.0 Å². The summed E-state index contributed by atoms with van der Waals surface area (Å²) in [6, 6.07) is 22.1. The predicted octanol–water partition coefficient (Wildman–Crippen LogP) is 3.17. The van der Waals surface area contributed by atoms with Crippen molar-refractivity contribution in [3.8, 4) is 0 Å².